The smallest absolute Gasteiger partial charge is 0.226 e. The van der Waals surface area contributed by atoms with Gasteiger partial charge in [-0.25, -0.2) is 4.98 Å². The number of aromatic nitrogens is 1. The van der Waals surface area contributed by atoms with Gasteiger partial charge < -0.3 is 11.1 Å². The average molecular weight is 346 g/mol. The molecular formula is C19H27N3OS. The molecule has 24 heavy (non-hydrogen) atoms. The molecule has 1 unspecified atom stereocenters. The highest BCUT2D eigenvalue weighted by Crippen LogP contribution is 2.24. The third-order valence-electron chi connectivity index (χ3n) is 3.91. The second-order valence-corrected chi connectivity index (χ2v) is 7.36. The van der Waals surface area contributed by atoms with Crippen molar-refractivity contribution >= 4 is 17.2 Å². The van der Waals surface area contributed by atoms with Gasteiger partial charge in [-0.2, -0.15) is 0 Å². The van der Waals surface area contributed by atoms with Crippen LogP contribution in [-0.2, 0) is 17.6 Å². The summed E-state index contributed by atoms with van der Waals surface area (Å²) >= 11 is 1.58. The fourth-order valence-corrected chi connectivity index (χ4v) is 3.46. The van der Waals surface area contributed by atoms with Crippen LogP contribution in [-0.4, -0.2) is 23.5 Å². The van der Waals surface area contributed by atoms with E-state index in [0.717, 1.165) is 29.1 Å². The summed E-state index contributed by atoms with van der Waals surface area (Å²) in [5, 5.41) is 5.93. The molecule has 0 saturated heterocycles. The highest BCUT2D eigenvalue weighted by atomic mass is 32.1. The van der Waals surface area contributed by atoms with Crippen molar-refractivity contribution in [3.05, 3.63) is 40.9 Å². The van der Waals surface area contributed by atoms with E-state index in [1.165, 1.54) is 5.56 Å². The zero-order chi connectivity index (χ0) is 17.5. The van der Waals surface area contributed by atoms with E-state index < -0.39 is 0 Å². The molecule has 0 spiro atoms. The maximum atomic E-state index is 12.2. The Hall–Kier alpha value is -1.72. The van der Waals surface area contributed by atoms with Gasteiger partial charge >= 0.3 is 0 Å². The van der Waals surface area contributed by atoms with Crippen LogP contribution in [0.4, 0.5) is 0 Å². The zero-order valence-corrected chi connectivity index (χ0v) is 15.5. The predicted octanol–water partition coefficient (Wildman–Crippen LogP) is 3.40. The van der Waals surface area contributed by atoms with E-state index in [-0.39, 0.29) is 11.9 Å². The van der Waals surface area contributed by atoms with Crippen molar-refractivity contribution in [1.82, 2.24) is 10.3 Å². The van der Waals surface area contributed by atoms with Gasteiger partial charge in [-0.1, -0.05) is 45.0 Å². The molecule has 2 rings (SSSR count). The van der Waals surface area contributed by atoms with Crippen LogP contribution in [0.2, 0.25) is 0 Å². The number of nitrogens with two attached hydrogens (primary N) is 1. The maximum absolute atomic E-state index is 12.2. The number of hydrogen-bond acceptors (Lipinski definition) is 4. The standard InChI is InChI=1S/C19H27N3OS/c1-4-14-5-7-15(8-6-14)19-22-17(12-24-19)10-18(23)21-16(11-20)9-13(2)3/h5-8,12-13,16H,4,9-11,20H2,1-3H3,(H,21,23). The van der Waals surface area contributed by atoms with Crippen LogP contribution < -0.4 is 11.1 Å². The molecule has 130 valence electrons. The van der Waals surface area contributed by atoms with Crippen LogP contribution in [0.25, 0.3) is 10.6 Å². The minimum absolute atomic E-state index is 0.00993. The predicted molar refractivity (Wildman–Crippen MR) is 101 cm³/mol. The van der Waals surface area contributed by atoms with Gasteiger partial charge in [0.05, 0.1) is 12.1 Å². The minimum atomic E-state index is -0.00993. The Bertz CT molecular complexity index is 649. The number of nitrogens with zero attached hydrogens (tertiary/aromatic N) is 1. The van der Waals surface area contributed by atoms with Crippen molar-refractivity contribution in [3.8, 4) is 10.6 Å². The van der Waals surface area contributed by atoms with Gasteiger partial charge in [0.1, 0.15) is 5.01 Å². The lowest BCUT2D eigenvalue weighted by Gasteiger charge is -2.18. The molecule has 0 aliphatic heterocycles. The van der Waals surface area contributed by atoms with Gasteiger partial charge in [-0.05, 0) is 24.3 Å². The number of carbonyl (C=O) groups excluding carboxylic acids is 1. The first-order chi connectivity index (χ1) is 11.5. The lowest BCUT2D eigenvalue weighted by molar-refractivity contribution is -0.121. The van der Waals surface area contributed by atoms with Gasteiger partial charge in [0.15, 0.2) is 0 Å². The molecule has 1 atom stereocenters. The minimum Gasteiger partial charge on any atom is -0.352 e. The van der Waals surface area contributed by atoms with E-state index in [4.69, 9.17) is 5.73 Å². The van der Waals surface area contributed by atoms with Crippen LogP contribution in [0.15, 0.2) is 29.6 Å². The van der Waals surface area contributed by atoms with Crippen molar-refractivity contribution in [2.24, 2.45) is 11.7 Å². The largest absolute Gasteiger partial charge is 0.352 e. The summed E-state index contributed by atoms with van der Waals surface area (Å²) in [6.45, 7) is 6.87. The topological polar surface area (TPSA) is 68.0 Å². The first-order valence-electron chi connectivity index (χ1n) is 8.55. The number of amides is 1. The Morgan fingerprint density at radius 1 is 1.29 bits per heavy atom. The number of nitrogens with one attached hydrogen (secondary N) is 1. The van der Waals surface area contributed by atoms with Crippen molar-refractivity contribution in [1.29, 1.82) is 0 Å². The number of carbonyl (C=O) groups is 1. The van der Waals surface area contributed by atoms with E-state index in [0.29, 0.717) is 18.9 Å². The Morgan fingerprint density at radius 2 is 2.00 bits per heavy atom. The first kappa shape index (κ1) is 18.6. The second-order valence-electron chi connectivity index (χ2n) is 6.50. The van der Waals surface area contributed by atoms with Gasteiger partial charge in [0.2, 0.25) is 5.91 Å². The maximum Gasteiger partial charge on any atom is 0.226 e. The lowest BCUT2D eigenvalue weighted by Crippen LogP contribution is -2.41. The quantitative estimate of drug-likeness (QED) is 0.770. The monoisotopic (exact) mass is 345 g/mol. The molecule has 4 nitrogen and oxygen atoms in total. The Balaban J connectivity index is 1.96. The molecule has 1 aromatic heterocycles. The van der Waals surface area contributed by atoms with Crippen LogP contribution >= 0.6 is 11.3 Å². The average Bonchev–Trinajstić information content (AvgIpc) is 3.02. The molecule has 1 amide bonds. The zero-order valence-electron chi connectivity index (χ0n) is 14.7. The van der Waals surface area contributed by atoms with E-state index in [1.807, 2.05) is 5.38 Å². The summed E-state index contributed by atoms with van der Waals surface area (Å²) in [6.07, 6.45) is 2.23. The van der Waals surface area contributed by atoms with Gasteiger partial charge in [0, 0.05) is 23.5 Å². The lowest BCUT2D eigenvalue weighted by atomic mass is 10.0. The molecule has 0 aliphatic rings. The van der Waals surface area contributed by atoms with E-state index in [9.17, 15) is 4.79 Å². The number of rotatable bonds is 8. The highest BCUT2D eigenvalue weighted by molar-refractivity contribution is 7.13. The molecule has 0 bridgehead atoms. The normalized spacial score (nSPS) is 12.4. The summed E-state index contributed by atoms with van der Waals surface area (Å²) in [5.74, 6) is 0.500. The Labute approximate surface area is 148 Å². The van der Waals surface area contributed by atoms with Crippen LogP contribution in [0, 0.1) is 5.92 Å². The fourth-order valence-electron chi connectivity index (χ4n) is 2.63. The van der Waals surface area contributed by atoms with E-state index in [2.05, 4.69) is 55.3 Å². The summed E-state index contributed by atoms with van der Waals surface area (Å²) < 4.78 is 0. The second kappa shape index (κ2) is 8.94. The summed E-state index contributed by atoms with van der Waals surface area (Å²) in [6, 6.07) is 8.47. The summed E-state index contributed by atoms with van der Waals surface area (Å²) in [5.41, 5.74) is 8.96. The molecule has 2 aromatic rings. The van der Waals surface area contributed by atoms with Crippen LogP contribution in [0.3, 0.4) is 0 Å². The van der Waals surface area contributed by atoms with Crippen molar-refractivity contribution < 1.29 is 4.79 Å². The fraction of sp³-hybridized carbons (Fsp3) is 0.474. The molecular weight excluding hydrogens is 318 g/mol. The third kappa shape index (κ3) is 5.42. The number of benzene rings is 1. The third-order valence-corrected chi connectivity index (χ3v) is 4.85. The van der Waals surface area contributed by atoms with Crippen LogP contribution in [0.5, 0.6) is 0 Å². The SMILES string of the molecule is CCc1ccc(-c2nc(CC(=O)NC(CN)CC(C)C)cs2)cc1. The van der Waals surface area contributed by atoms with Crippen LogP contribution in [0.1, 0.15) is 38.4 Å². The molecule has 1 aromatic carbocycles. The van der Waals surface area contributed by atoms with Crippen molar-refractivity contribution in [2.45, 2.75) is 46.1 Å². The van der Waals surface area contributed by atoms with E-state index in [1.54, 1.807) is 11.3 Å². The van der Waals surface area contributed by atoms with Gasteiger partial charge in [0.25, 0.3) is 0 Å². The van der Waals surface area contributed by atoms with Gasteiger partial charge in [-0.15, -0.1) is 11.3 Å². The Morgan fingerprint density at radius 3 is 2.58 bits per heavy atom. The Kier molecular flexibility index (Phi) is 6.94. The first-order valence-corrected chi connectivity index (χ1v) is 9.42. The molecule has 0 fully saturated rings. The van der Waals surface area contributed by atoms with E-state index >= 15 is 0 Å². The number of aryl methyl sites for hydroxylation is 1. The molecule has 5 heteroatoms. The number of hydrogen-bond donors (Lipinski definition) is 2. The molecule has 0 aliphatic carbocycles. The molecule has 3 N–H and O–H groups in total. The summed E-state index contributed by atoms with van der Waals surface area (Å²) in [7, 11) is 0. The van der Waals surface area contributed by atoms with Crippen molar-refractivity contribution in [3.63, 3.8) is 0 Å². The highest BCUT2D eigenvalue weighted by Gasteiger charge is 2.14. The molecule has 0 radical (unpaired) electrons. The molecule has 1 heterocycles. The van der Waals surface area contributed by atoms with Gasteiger partial charge in [-0.3, -0.25) is 4.79 Å². The summed E-state index contributed by atoms with van der Waals surface area (Å²) in [4.78, 5) is 16.8. The van der Waals surface area contributed by atoms with Crippen molar-refractivity contribution in [2.75, 3.05) is 6.54 Å². The number of thiazole rings is 1. The molecule has 0 saturated carbocycles.